The number of anilines is 2. The molecule has 0 aliphatic carbocycles. The molecule has 3 aromatic rings. The molecule has 2 N–H and O–H groups in total. The van der Waals surface area contributed by atoms with Crippen LogP contribution in [0.3, 0.4) is 0 Å². The highest BCUT2D eigenvalue weighted by Gasteiger charge is 2.23. The second-order valence-corrected chi connectivity index (χ2v) is 8.35. The molecule has 1 fully saturated rings. The summed E-state index contributed by atoms with van der Waals surface area (Å²) in [4.78, 5) is 31.7. The van der Waals surface area contributed by atoms with E-state index in [2.05, 4.69) is 46.6 Å². The maximum Gasteiger partial charge on any atom is 0.294 e. The van der Waals surface area contributed by atoms with Crippen LogP contribution in [0.4, 0.5) is 11.4 Å². The van der Waals surface area contributed by atoms with Crippen molar-refractivity contribution in [1.29, 1.82) is 0 Å². The first-order valence-corrected chi connectivity index (χ1v) is 10.5. The molecule has 1 saturated heterocycles. The van der Waals surface area contributed by atoms with E-state index in [0.717, 1.165) is 23.9 Å². The van der Waals surface area contributed by atoms with Gasteiger partial charge in [0.25, 0.3) is 5.91 Å². The largest absolute Gasteiger partial charge is 0.325 e. The van der Waals surface area contributed by atoms with Crippen LogP contribution in [0.1, 0.15) is 35.6 Å². The third kappa shape index (κ3) is 4.34. The number of pyridine rings is 2. The summed E-state index contributed by atoms with van der Waals surface area (Å²) in [7, 11) is 2.04. The van der Waals surface area contributed by atoms with Crippen LogP contribution in [0.25, 0.3) is 5.65 Å². The second-order valence-electron chi connectivity index (χ2n) is 7.44. The Morgan fingerprint density at radius 3 is 2.87 bits per heavy atom. The van der Waals surface area contributed by atoms with Crippen molar-refractivity contribution in [3.05, 3.63) is 46.6 Å². The molecule has 1 atom stereocenters. The number of hydrogen-bond acceptors (Lipinski definition) is 6. The van der Waals surface area contributed by atoms with E-state index >= 15 is 0 Å². The number of halogens is 1. The normalized spacial score (nSPS) is 16.7. The van der Waals surface area contributed by atoms with Crippen molar-refractivity contribution in [1.82, 2.24) is 24.5 Å². The quantitative estimate of drug-likeness (QED) is 0.592. The predicted octanol–water partition coefficient (Wildman–Crippen LogP) is 2.87. The first-order valence-electron chi connectivity index (χ1n) is 9.69. The maximum absolute atomic E-state index is 12.8. The third-order valence-corrected chi connectivity index (χ3v) is 5.78. The highest BCUT2D eigenvalue weighted by atomic mass is 79.9. The topological polar surface area (TPSA) is 105 Å². The fourth-order valence-electron chi connectivity index (χ4n) is 3.59. The van der Waals surface area contributed by atoms with Gasteiger partial charge in [0.05, 0.1) is 23.3 Å². The first kappa shape index (κ1) is 20.4. The minimum Gasteiger partial charge on any atom is -0.325 e. The molecule has 1 aliphatic heterocycles. The lowest BCUT2D eigenvalue weighted by Crippen LogP contribution is -2.29. The average Bonchev–Trinajstić information content (AvgIpc) is 3.30. The summed E-state index contributed by atoms with van der Waals surface area (Å²) < 4.78 is 2.45. The van der Waals surface area contributed by atoms with E-state index in [0.29, 0.717) is 29.1 Å². The van der Waals surface area contributed by atoms with Gasteiger partial charge in [-0.1, -0.05) is 15.9 Å². The Hall–Kier alpha value is -2.85. The van der Waals surface area contributed by atoms with Gasteiger partial charge in [-0.05, 0) is 51.6 Å². The van der Waals surface area contributed by atoms with Crippen molar-refractivity contribution in [3.63, 3.8) is 0 Å². The molecule has 1 aliphatic rings. The maximum atomic E-state index is 12.8. The number of nitrogens with one attached hydrogen (secondary N) is 2. The predicted molar refractivity (Wildman–Crippen MR) is 117 cm³/mol. The molecule has 9 nitrogen and oxygen atoms in total. The Labute approximate surface area is 182 Å². The van der Waals surface area contributed by atoms with Gasteiger partial charge in [-0.2, -0.15) is 0 Å². The van der Waals surface area contributed by atoms with Gasteiger partial charge in [0.2, 0.25) is 11.7 Å². The molecular weight excluding hydrogens is 450 g/mol. The van der Waals surface area contributed by atoms with Crippen LogP contribution >= 0.6 is 15.9 Å². The molecule has 0 unspecified atom stereocenters. The van der Waals surface area contributed by atoms with Gasteiger partial charge in [-0.3, -0.25) is 19.0 Å². The number of likely N-dealkylation sites (tertiary alicyclic amines) is 1. The molecule has 4 heterocycles. The molecular formula is C20H22BrN7O2. The molecule has 3 aromatic heterocycles. The summed E-state index contributed by atoms with van der Waals surface area (Å²) >= 11 is 3.37. The zero-order valence-corrected chi connectivity index (χ0v) is 18.3. The van der Waals surface area contributed by atoms with Gasteiger partial charge in [0.1, 0.15) is 0 Å². The van der Waals surface area contributed by atoms with E-state index in [1.807, 2.05) is 7.05 Å². The van der Waals surface area contributed by atoms with Crippen molar-refractivity contribution in [2.75, 3.05) is 24.2 Å². The fourth-order valence-corrected chi connectivity index (χ4v) is 3.91. The molecule has 2 amide bonds. The van der Waals surface area contributed by atoms with E-state index in [1.54, 1.807) is 41.9 Å². The summed E-state index contributed by atoms with van der Waals surface area (Å²) in [6.07, 6.45) is 5.89. The highest BCUT2D eigenvalue weighted by molar-refractivity contribution is 9.10. The number of aryl methyl sites for hydroxylation is 1. The minimum absolute atomic E-state index is 0.0642. The van der Waals surface area contributed by atoms with E-state index in [-0.39, 0.29) is 17.8 Å². The molecule has 0 saturated carbocycles. The summed E-state index contributed by atoms with van der Waals surface area (Å²) in [5, 5.41) is 13.7. The van der Waals surface area contributed by atoms with E-state index in [4.69, 9.17) is 0 Å². The Kier molecular flexibility index (Phi) is 5.78. The number of carbonyl (C=O) groups is 2. The smallest absolute Gasteiger partial charge is 0.294 e. The SMILES string of the molecule is Cc1ncc(NC(=O)C[C@@H]2CCCN2C)cc1NC(=O)c1nnc2cc(Br)ccn12. The van der Waals surface area contributed by atoms with Crippen LogP contribution < -0.4 is 10.6 Å². The zero-order chi connectivity index (χ0) is 21.3. The zero-order valence-electron chi connectivity index (χ0n) is 16.7. The number of rotatable bonds is 5. The van der Waals surface area contributed by atoms with Gasteiger partial charge in [0.15, 0.2) is 5.65 Å². The number of hydrogen-bond donors (Lipinski definition) is 2. The van der Waals surface area contributed by atoms with Crippen LogP contribution in [-0.4, -0.2) is 55.9 Å². The van der Waals surface area contributed by atoms with Gasteiger partial charge in [-0.25, -0.2) is 0 Å². The Morgan fingerprint density at radius 1 is 1.27 bits per heavy atom. The standard InChI is InChI=1S/C20H22BrN7O2/c1-12-16(24-20(30)19-26-25-17-8-13(21)5-7-28(17)19)9-14(11-22-12)23-18(29)10-15-4-3-6-27(15)2/h5,7-9,11,15H,3-4,6,10H2,1-2H3,(H,23,29)(H,24,30)/t15-/m0/s1. The Morgan fingerprint density at radius 2 is 2.10 bits per heavy atom. The van der Waals surface area contributed by atoms with Crippen LogP contribution in [0.15, 0.2) is 35.1 Å². The number of fused-ring (bicyclic) bond motifs is 1. The van der Waals surface area contributed by atoms with Gasteiger partial charge >= 0.3 is 0 Å². The highest BCUT2D eigenvalue weighted by Crippen LogP contribution is 2.21. The lowest BCUT2D eigenvalue weighted by molar-refractivity contribution is -0.117. The summed E-state index contributed by atoms with van der Waals surface area (Å²) in [5.41, 5.74) is 2.23. The first-order chi connectivity index (χ1) is 14.4. The van der Waals surface area contributed by atoms with Crippen LogP contribution in [-0.2, 0) is 4.79 Å². The summed E-state index contributed by atoms with van der Waals surface area (Å²) in [6.45, 7) is 2.81. The molecule has 4 rings (SSSR count). The van der Waals surface area contributed by atoms with Crippen molar-refractivity contribution < 1.29 is 9.59 Å². The number of aromatic nitrogens is 4. The Balaban J connectivity index is 1.47. The third-order valence-electron chi connectivity index (χ3n) is 5.29. The molecule has 156 valence electrons. The van der Waals surface area contributed by atoms with Crippen molar-refractivity contribution in [2.45, 2.75) is 32.2 Å². The minimum atomic E-state index is -0.411. The van der Waals surface area contributed by atoms with Gasteiger partial charge in [-0.15, -0.1) is 10.2 Å². The lowest BCUT2D eigenvalue weighted by atomic mass is 10.1. The van der Waals surface area contributed by atoms with Crippen LogP contribution in [0, 0.1) is 6.92 Å². The molecule has 10 heteroatoms. The summed E-state index contributed by atoms with van der Waals surface area (Å²) in [5.74, 6) is -0.313. The monoisotopic (exact) mass is 471 g/mol. The van der Waals surface area contributed by atoms with Gasteiger partial charge in [0, 0.05) is 23.1 Å². The number of carbonyl (C=O) groups excluding carboxylic acids is 2. The van der Waals surface area contributed by atoms with E-state index in [9.17, 15) is 9.59 Å². The van der Waals surface area contributed by atoms with Crippen molar-refractivity contribution in [3.8, 4) is 0 Å². The van der Waals surface area contributed by atoms with Crippen LogP contribution in [0.2, 0.25) is 0 Å². The van der Waals surface area contributed by atoms with Crippen molar-refractivity contribution in [2.24, 2.45) is 0 Å². The number of amides is 2. The average molecular weight is 472 g/mol. The fraction of sp³-hybridized carbons (Fsp3) is 0.350. The molecule has 0 radical (unpaired) electrons. The molecule has 0 aromatic carbocycles. The lowest BCUT2D eigenvalue weighted by Gasteiger charge is -2.18. The van der Waals surface area contributed by atoms with E-state index in [1.165, 1.54) is 0 Å². The molecule has 0 bridgehead atoms. The Bertz CT molecular complexity index is 1110. The summed E-state index contributed by atoms with van der Waals surface area (Å²) in [6, 6.07) is 5.55. The second kappa shape index (κ2) is 8.49. The van der Waals surface area contributed by atoms with Gasteiger partial charge < -0.3 is 15.5 Å². The molecule has 0 spiro atoms. The van der Waals surface area contributed by atoms with Crippen molar-refractivity contribution >= 4 is 44.8 Å². The van der Waals surface area contributed by atoms with E-state index < -0.39 is 5.91 Å². The number of nitrogens with zero attached hydrogens (tertiary/aromatic N) is 5. The molecule has 30 heavy (non-hydrogen) atoms. The van der Waals surface area contributed by atoms with Crippen LogP contribution in [0.5, 0.6) is 0 Å².